The Labute approximate surface area is 338 Å². The first-order chi connectivity index (χ1) is 27.8. The molecule has 1 aromatic carbocycles. The van der Waals surface area contributed by atoms with E-state index in [4.69, 9.17) is 46.3 Å². The number of guanidine groups is 2. The van der Waals surface area contributed by atoms with Gasteiger partial charge in [-0.1, -0.05) is 13.3 Å². The molecule has 1 aromatic heterocycles. The van der Waals surface area contributed by atoms with Crippen LogP contribution in [0.4, 0.5) is 5.69 Å². The number of aryl methyl sites for hydroxylation is 1. The van der Waals surface area contributed by atoms with E-state index in [0.717, 1.165) is 23.8 Å². The first-order valence-electron chi connectivity index (χ1n) is 18.8. The number of aliphatic hydroxyl groups excluding tert-OH is 6. The van der Waals surface area contributed by atoms with Gasteiger partial charge in [-0.05, 0) is 45.0 Å². The first kappa shape index (κ1) is 47.3. The average molecular weight is 841 g/mol. The molecule has 5 rings (SSSR count). The Bertz CT molecular complexity index is 1860. The van der Waals surface area contributed by atoms with Crippen molar-refractivity contribution in [2.75, 3.05) is 19.0 Å². The SMILES string of the molecule is CCCCC(=O)Nc1ccc2c(C)cc(=O)oc2c1.CN[C@@H]1[C@H](O[C@H]2[C@H](O[C@H]3[C@H](O)[C@@H](O)[C@H](N=C(N)N)[C@@H](O)[C@@H]3N=C(N)N)O[C@@H](C)[C@]2(O)C=O)O[C@@H](CO)[C@H](O)[C@H]1O. The Hall–Kier alpha value is -4.37. The molecule has 1 aliphatic carbocycles. The van der Waals surface area contributed by atoms with Gasteiger partial charge in [0.1, 0.15) is 66.5 Å². The molecule has 59 heavy (non-hydrogen) atoms. The molecule has 1 saturated carbocycles. The van der Waals surface area contributed by atoms with Crippen molar-refractivity contribution in [3.8, 4) is 0 Å². The molecular weight excluding hydrogens is 784 g/mol. The summed E-state index contributed by atoms with van der Waals surface area (Å²) in [5, 5.41) is 80.3. The molecule has 2 aromatic rings. The summed E-state index contributed by atoms with van der Waals surface area (Å²) in [5.74, 6) is -1.05. The van der Waals surface area contributed by atoms with Crippen LogP contribution in [0.2, 0.25) is 0 Å². The van der Waals surface area contributed by atoms with E-state index in [2.05, 4.69) is 20.6 Å². The summed E-state index contributed by atoms with van der Waals surface area (Å²) >= 11 is 0. The van der Waals surface area contributed by atoms with E-state index >= 15 is 0 Å². The monoisotopic (exact) mass is 840 g/mol. The Morgan fingerprint density at radius 3 is 2.19 bits per heavy atom. The molecule has 15 atom stereocenters. The summed E-state index contributed by atoms with van der Waals surface area (Å²) in [6.07, 6.45) is -15.0. The number of hydrogen-bond acceptors (Lipinski definition) is 18. The number of nitrogens with two attached hydrogens (primary N) is 4. The highest BCUT2D eigenvalue weighted by atomic mass is 16.8. The number of benzene rings is 1. The third-order valence-corrected chi connectivity index (χ3v) is 10.3. The molecule has 2 saturated heterocycles. The fourth-order valence-corrected chi connectivity index (χ4v) is 7.04. The fourth-order valence-electron chi connectivity index (χ4n) is 7.04. The number of likely N-dealkylation sites (N-methyl/N-ethyl adjacent to an activating group) is 1. The number of anilines is 1. The number of nitrogens with one attached hydrogen (secondary N) is 2. The molecule has 2 aliphatic heterocycles. The molecule has 23 nitrogen and oxygen atoms in total. The number of nitrogens with zero attached hydrogens (tertiary/aromatic N) is 2. The van der Waals surface area contributed by atoms with E-state index in [9.17, 15) is 50.1 Å². The number of rotatable bonds is 13. The zero-order valence-electron chi connectivity index (χ0n) is 32.9. The zero-order valence-corrected chi connectivity index (χ0v) is 32.9. The summed E-state index contributed by atoms with van der Waals surface area (Å²) in [4.78, 5) is 42.7. The lowest BCUT2D eigenvalue weighted by atomic mass is 9.81. The van der Waals surface area contributed by atoms with E-state index in [1.165, 1.54) is 20.0 Å². The molecule has 23 heteroatoms. The molecule has 17 N–H and O–H groups in total. The lowest BCUT2D eigenvalue weighted by Gasteiger charge is -2.45. The van der Waals surface area contributed by atoms with Crippen LogP contribution in [0.25, 0.3) is 11.0 Å². The van der Waals surface area contributed by atoms with Crippen LogP contribution in [0.5, 0.6) is 0 Å². The van der Waals surface area contributed by atoms with Gasteiger partial charge in [-0.15, -0.1) is 0 Å². The summed E-state index contributed by atoms with van der Waals surface area (Å²) in [7, 11) is 1.42. The maximum absolute atomic E-state index is 12.1. The number of hydrogen-bond donors (Lipinski definition) is 13. The predicted octanol–water partition coefficient (Wildman–Crippen LogP) is -4.93. The van der Waals surface area contributed by atoms with Crippen molar-refractivity contribution in [1.82, 2.24) is 5.32 Å². The van der Waals surface area contributed by atoms with Gasteiger partial charge in [0, 0.05) is 29.6 Å². The summed E-state index contributed by atoms with van der Waals surface area (Å²) in [6, 6.07) is 2.74. The lowest BCUT2D eigenvalue weighted by Crippen LogP contribution is -2.66. The van der Waals surface area contributed by atoms with Crippen molar-refractivity contribution in [3.05, 3.63) is 40.2 Å². The zero-order chi connectivity index (χ0) is 43.9. The number of ether oxygens (including phenoxy) is 4. The van der Waals surface area contributed by atoms with Gasteiger partial charge in [0.05, 0.1) is 18.8 Å². The molecule has 3 heterocycles. The maximum Gasteiger partial charge on any atom is 0.336 e. The van der Waals surface area contributed by atoms with Gasteiger partial charge < -0.3 is 92.7 Å². The van der Waals surface area contributed by atoms with Gasteiger partial charge >= 0.3 is 5.63 Å². The quantitative estimate of drug-likeness (QED) is 0.0389. The Morgan fingerprint density at radius 2 is 1.59 bits per heavy atom. The van der Waals surface area contributed by atoms with Crippen LogP contribution >= 0.6 is 0 Å². The number of unbranched alkanes of at least 4 members (excludes halogenated alkanes) is 1. The average Bonchev–Trinajstić information content (AvgIpc) is 3.41. The fraction of sp³-hybridized carbons (Fsp3) is 0.639. The minimum atomic E-state index is -2.38. The van der Waals surface area contributed by atoms with E-state index in [-0.39, 0.29) is 17.8 Å². The van der Waals surface area contributed by atoms with Crippen LogP contribution in [-0.2, 0) is 28.5 Å². The van der Waals surface area contributed by atoms with Crippen molar-refractivity contribution in [1.29, 1.82) is 0 Å². The molecule has 0 bridgehead atoms. The van der Waals surface area contributed by atoms with E-state index in [0.29, 0.717) is 17.7 Å². The molecule has 330 valence electrons. The third-order valence-electron chi connectivity index (χ3n) is 10.3. The van der Waals surface area contributed by atoms with Crippen molar-refractivity contribution in [2.24, 2.45) is 32.9 Å². The predicted molar refractivity (Wildman–Crippen MR) is 208 cm³/mol. The second kappa shape index (κ2) is 20.3. The maximum atomic E-state index is 12.1. The highest BCUT2D eigenvalue weighted by Gasteiger charge is 2.61. The number of aliphatic imine (C=N–C) groups is 2. The largest absolute Gasteiger partial charge is 0.423 e. The Morgan fingerprint density at radius 1 is 0.932 bits per heavy atom. The van der Waals surface area contributed by atoms with Crippen molar-refractivity contribution < 1.29 is 68.7 Å². The van der Waals surface area contributed by atoms with E-state index < -0.39 is 110 Å². The van der Waals surface area contributed by atoms with Crippen LogP contribution in [-0.4, -0.2) is 165 Å². The number of carbonyl (C=O) groups excluding carboxylic acids is 2. The number of fused-ring (bicyclic) bond motifs is 1. The smallest absolute Gasteiger partial charge is 0.336 e. The standard InChI is InChI=1S/C21H39N7O12.C15H17NO3/c1-5-21(36,4-30)16(40-17-9(26-2)13(34)10(31)6(3-29)38-17)18(37-5)39-15-8(28-20(24)25)11(32)7(27-19(22)23)12(33)14(15)35;1-3-4-5-14(17)16-11-6-7-12-10(2)8-15(18)19-13(12)9-11/h4-18,26,29,31-36H,3H2,1-2H3,(H4,22,23,27)(H4,24,25,28);6-9H,3-5H2,1-2H3,(H,16,17)/t5-,6-,7+,8-,9-,10-,11+,12-,13-,14+,15+,16-,17-,18-,21+;/m0./s1. The molecule has 0 unspecified atom stereocenters. The lowest BCUT2D eigenvalue weighted by molar-refractivity contribution is -0.314. The highest BCUT2D eigenvalue weighted by Crippen LogP contribution is 2.38. The number of aldehydes is 1. The first-order valence-corrected chi connectivity index (χ1v) is 18.8. The second-order valence-corrected chi connectivity index (χ2v) is 14.5. The van der Waals surface area contributed by atoms with Gasteiger partial charge in [-0.3, -0.25) is 9.59 Å². The molecule has 0 radical (unpaired) electrons. The summed E-state index contributed by atoms with van der Waals surface area (Å²) < 4.78 is 28.1. The van der Waals surface area contributed by atoms with Crippen LogP contribution in [0.15, 0.2) is 43.5 Å². The number of carbonyl (C=O) groups is 2. The van der Waals surface area contributed by atoms with Gasteiger partial charge in [-0.25, -0.2) is 14.8 Å². The van der Waals surface area contributed by atoms with Gasteiger partial charge in [0.15, 0.2) is 36.4 Å². The molecule has 3 aliphatic rings. The minimum absolute atomic E-state index is 0.0174. The summed E-state index contributed by atoms with van der Waals surface area (Å²) in [5.41, 5.74) is 21.0. The molecule has 3 fully saturated rings. The molecular formula is C36H56N8O15. The van der Waals surface area contributed by atoms with Crippen molar-refractivity contribution >= 4 is 40.8 Å². The number of aliphatic hydroxyl groups is 7. The molecule has 0 spiro atoms. The van der Waals surface area contributed by atoms with Gasteiger partial charge in [-0.2, -0.15) is 0 Å². The van der Waals surface area contributed by atoms with Crippen LogP contribution in [0, 0.1) is 6.92 Å². The topological polar surface area (TPSA) is 396 Å². The number of amides is 1. The Balaban J connectivity index is 0.000000336. The highest BCUT2D eigenvalue weighted by molar-refractivity contribution is 5.93. The van der Waals surface area contributed by atoms with E-state index in [1.54, 1.807) is 6.07 Å². The minimum Gasteiger partial charge on any atom is -0.423 e. The van der Waals surface area contributed by atoms with Crippen molar-refractivity contribution in [3.63, 3.8) is 0 Å². The third kappa shape index (κ3) is 10.7. The van der Waals surface area contributed by atoms with Crippen LogP contribution < -0.4 is 39.2 Å². The van der Waals surface area contributed by atoms with Crippen LogP contribution in [0.3, 0.4) is 0 Å². The van der Waals surface area contributed by atoms with Crippen LogP contribution in [0.1, 0.15) is 38.7 Å². The van der Waals surface area contributed by atoms with Gasteiger partial charge in [0.2, 0.25) is 5.91 Å². The van der Waals surface area contributed by atoms with Gasteiger partial charge in [0.25, 0.3) is 0 Å². The second-order valence-electron chi connectivity index (χ2n) is 14.5. The Kier molecular flexibility index (Phi) is 16.2. The van der Waals surface area contributed by atoms with Crippen molar-refractivity contribution in [2.45, 2.75) is 131 Å². The van der Waals surface area contributed by atoms with E-state index in [1.807, 2.05) is 26.0 Å². The summed E-state index contributed by atoms with van der Waals surface area (Å²) in [6.45, 7) is 4.52. The normalized spacial score (nSPS) is 35.6. The molecule has 1 amide bonds.